The first-order valence-corrected chi connectivity index (χ1v) is 9.61. The van der Waals surface area contributed by atoms with E-state index in [1.807, 2.05) is 26.8 Å². The van der Waals surface area contributed by atoms with Crippen molar-refractivity contribution >= 4 is 34.8 Å². The fourth-order valence-electron chi connectivity index (χ4n) is 2.36. The lowest BCUT2D eigenvalue weighted by molar-refractivity contribution is 0.0953. The number of nitrogens with one attached hydrogen (secondary N) is 3. The minimum atomic E-state index is -0.341. The Labute approximate surface area is 170 Å². The van der Waals surface area contributed by atoms with Gasteiger partial charge in [0.25, 0.3) is 11.8 Å². The molecule has 0 radical (unpaired) electrons. The largest absolute Gasteiger partial charge is 0.491 e. The van der Waals surface area contributed by atoms with Gasteiger partial charge < -0.3 is 15.4 Å². The summed E-state index contributed by atoms with van der Waals surface area (Å²) in [5, 5.41) is 8.44. The molecule has 0 bridgehead atoms. The predicted octanol–water partition coefficient (Wildman–Crippen LogP) is 3.74. The fourth-order valence-corrected chi connectivity index (χ4v) is 2.58. The van der Waals surface area contributed by atoms with Gasteiger partial charge in [-0.1, -0.05) is 19.1 Å². The molecule has 2 aromatic carbocycles. The second-order valence-corrected chi connectivity index (χ2v) is 6.62. The maximum Gasteiger partial charge on any atom is 0.257 e. The summed E-state index contributed by atoms with van der Waals surface area (Å²) < 4.78 is 5.74. The molecule has 28 heavy (non-hydrogen) atoms. The molecular formula is C21H25N3O3S. The molecule has 2 aromatic rings. The standard InChI is InChI=1S/C21H25N3O3S/c1-4-14(3)27-18-11-7-9-16(13-18)20(26)24-21(28)23-17-10-6-8-15(12-17)19(25)22-5-2/h6-14H,4-5H2,1-3H3,(H,22,25)(H2,23,24,26,28). The molecule has 148 valence electrons. The highest BCUT2D eigenvalue weighted by molar-refractivity contribution is 7.80. The maximum atomic E-state index is 12.5. The van der Waals surface area contributed by atoms with Gasteiger partial charge >= 0.3 is 0 Å². The van der Waals surface area contributed by atoms with E-state index in [-0.39, 0.29) is 23.0 Å². The summed E-state index contributed by atoms with van der Waals surface area (Å²) in [6.45, 7) is 6.41. The van der Waals surface area contributed by atoms with Crippen molar-refractivity contribution in [3.05, 3.63) is 59.7 Å². The summed E-state index contributed by atoms with van der Waals surface area (Å²) in [5.41, 5.74) is 1.57. The summed E-state index contributed by atoms with van der Waals surface area (Å²) in [7, 11) is 0. The minimum absolute atomic E-state index is 0.0678. The van der Waals surface area contributed by atoms with E-state index in [0.29, 0.717) is 29.1 Å². The van der Waals surface area contributed by atoms with Gasteiger partial charge in [0.15, 0.2) is 5.11 Å². The number of hydrogen-bond acceptors (Lipinski definition) is 4. The molecule has 7 heteroatoms. The van der Waals surface area contributed by atoms with Gasteiger partial charge in [-0.15, -0.1) is 0 Å². The molecule has 0 aliphatic heterocycles. The van der Waals surface area contributed by atoms with Gasteiger partial charge in [0, 0.05) is 23.4 Å². The summed E-state index contributed by atoms with van der Waals surface area (Å²) >= 11 is 5.22. The van der Waals surface area contributed by atoms with E-state index in [2.05, 4.69) is 16.0 Å². The van der Waals surface area contributed by atoms with E-state index >= 15 is 0 Å². The van der Waals surface area contributed by atoms with Crippen LogP contribution in [0.15, 0.2) is 48.5 Å². The Morgan fingerprint density at radius 1 is 1.04 bits per heavy atom. The molecule has 0 fully saturated rings. The first-order chi connectivity index (χ1) is 13.4. The quantitative estimate of drug-likeness (QED) is 0.618. The van der Waals surface area contributed by atoms with Crippen molar-refractivity contribution in [1.82, 2.24) is 10.6 Å². The van der Waals surface area contributed by atoms with Crippen LogP contribution in [0.5, 0.6) is 5.75 Å². The lowest BCUT2D eigenvalue weighted by Crippen LogP contribution is -2.34. The van der Waals surface area contributed by atoms with E-state index in [0.717, 1.165) is 6.42 Å². The zero-order valence-electron chi connectivity index (χ0n) is 16.2. The molecule has 3 N–H and O–H groups in total. The third-order valence-electron chi connectivity index (χ3n) is 3.96. The molecule has 0 aliphatic carbocycles. The molecule has 1 atom stereocenters. The molecule has 2 amide bonds. The van der Waals surface area contributed by atoms with Crippen molar-refractivity contribution in [3.8, 4) is 5.75 Å². The molecule has 6 nitrogen and oxygen atoms in total. The van der Waals surface area contributed by atoms with Crippen molar-refractivity contribution in [3.63, 3.8) is 0 Å². The molecule has 0 aromatic heterocycles. The average molecular weight is 400 g/mol. The number of amides is 2. The monoisotopic (exact) mass is 399 g/mol. The number of carbonyl (C=O) groups is 2. The van der Waals surface area contributed by atoms with Crippen LogP contribution in [0.1, 0.15) is 47.9 Å². The summed E-state index contributed by atoms with van der Waals surface area (Å²) in [6.07, 6.45) is 0.943. The van der Waals surface area contributed by atoms with Crippen LogP contribution in [-0.2, 0) is 0 Å². The Kier molecular flexibility index (Phi) is 7.95. The smallest absolute Gasteiger partial charge is 0.257 e. The second kappa shape index (κ2) is 10.4. The van der Waals surface area contributed by atoms with Crippen molar-refractivity contribution < 1.29 is 14.3 Å². The highest BCUT2D eigenvalue weighted by Crippen LogP contribution is 2.16. The Hall–Kier alpha value is -2.93. The molecule has 0 aliphatic rings. The Morgan fingerprint density at radius 3 is 2.39 bits per heavy atom. The third-order valence-corrected chi connectivity index (χ3v) is 4.16. The van der Waals surface area contributed by atoms with Gasteiger partial charge in [-0.05, 0) is 68.9 Å². The lowest BCUT2D eigenvalue weighted by Gasteiger charge is -2.14. The van der Waals surface area contributed by atoms with Gasteiger partial charge in [0.2, 0.25) is 0 Å². The number of benzene rings is 2. The average Bonchev–Trinajstić information content (AvgIpc) is 2.68. The highest BCUT2D eigenvalue weighted by Gasteiger charge is 2.11. The third kappa shape index (κ3) is 6.35. The van der Waals surface area contributed by atoms with Crippen LogP contribution in [0, 0.1) is 0 Å². The number of anilines is 1. The molecule has 0 heterocycles. The van der Waals surface area contributed by atoms with Crippen molar-refractivity contribution in [1.29, 1.82) is 0 Å². The van der Waals surface area contributed by atoms with Crippen LogP contribution in [0.25, 0.3) is 0 Å². The van der Waals surface area contributed by atoms with Crippen LogP contribution in [0.4, 0.5) is 5.69 Å². The van der Waals surface area contributed by atoms with Crippen molar-refractivity contribution in [2.24, 2.45) is 0 Å². The summed E-state index contributed by atoms with van der Waals surface area (Å²) in [5.74, 6) is 0.127. The fraction of sp³-hybridized carbons (Fsp3) is 0.286. The lowest BCUT2D eigenvalue weighted by atomic mass is 10.2. The Bertz CT molecular complexity index is 854. The molecule has 0 spiro atoms. The van der Waals surface area contributed by atoms with Gasteiger partial charge in [0.1, 0.15) is 5.75 Å². The zero-order valence-corrected chi connectivity index (χ0v) is 17.1. The topological polar surface area (TPSA) is 79.5 Å². The zero-order chi connectivity index (χ0) is 20.5. The number of carbonyl (C=O) groups excluding carboxylic acids is 2. The second-order valence-electron chi connectivity index (χ2n) is 6.21. The Balaban J connectivity index is 1.99. The van der Waals surface area contributed by atoms with Crippen molar-refractivity contribution in [2.45, 2.75) is 33.3 Å². The van der Waals surface area contributed by atoms with Gasteiger partial charge in [-0.3, -0.25) is 14.9 Å². The van der Waals surface area contributed by atoms with Crippen molar-refractivity contribution in [2.75, 3.05) is 11.9 Å². The van der Waals surface area contributed by atoms with E-state index in [9.17, 15) is 9.59 Å². The molecule has 1 unspecified atom stereocenters. The maximum absolute atomic E-state index is 12.5. The van der Waals surface area contributed by atoms with Crippen LogP contribution >= 0.6 is 12.2 Å². The number of thiocarbonyl (C=S) groups is 1. The summed E-state index contributed by atoms with van der Waals surface area (Å²) in [4.78, 5) is 24.4. The summed E-state index contributed by atoms with van der Waals surface area (Å²) in [6, 6.07) is 13.8. The van der Waals surface area contributed by atoms with E-state index in [1.165, 1.54) is 0 Å². The van der Waals surface area contributed by atoms with Gasteiger partial charge in [-0.2, -0.15) is 0 Å². The molecule has 0 saturated heterocycles. The van der Waals surface area contributed by atoms with Gasteiger partial charge in [0.05, 0.1) is 6.10 Å². The molecule has 0 saturated carbocycles. The number of rotatable bonds is 7. The van der Waals surface area contributed by atoms with Crippen LogP contribution in [0.2, 0.25) is 0 Å². The van der Waals surface area contributed by atoms with E-state index in [4.69, 9.17) is 17.0 Å². The number of hydrogen-bond donors (Lipinski definition) is 3. The predicted molar refractivity (Wildman–Crippen MR) is 115 cm³/mol. The SMILES string of the molecule is CCNC(=O)c1cccc(NC(=S)NC(=O)c2cccc(OC(C)CC)c2)c1. The highest BCUT2D eigenvalue weighted by atomic mass is 32.1. The minimum Gasteiger partial charge on any atom is -0.491 e. The first-order valence-electron chi connectivity index (χ1n) is 9.20. The molecular weight excluding hydrogens is 374 g/mol. The van der Waals surface area contributed by atoms with Crippen LogP contribution < -0.4 is 20.7 Å². The van der Waals surface area contributed by atoms with E-state index in [1.54, 1.807) is 42.5 Å². The normalized spacial score (nSPS) is 11.2. The van der Waals surface area contributed by atoms with E-state index < -0.39 is 0 Å². The molecule has 2 rings (SSSR count). The van der Waals surface area contributed by atoms with Gasteiger partial charge in [-0.25, -0.2) is 0 Å². The first kappa shape index (κ1) is 21.4. The van der Waals surface area contributed by atoms with Crippen LogP contribution in [-0.4, -0.2) is 29.6 Å². The Morgan fingerprint density at radius 2 is 1.71 bits per heavy atom. The van der Waals surface area contributed by atoms with Crippen LogP contribution in [0.3, 0.4) is 0 Å². The number of ether oxygens (including phenoxy) is 1.